The van der Waals surface area contributed by atoms with Crippen molar-refractivity contribution < 1.29 is 0 Å². The van der Waals surface area contributed by atoms with Crippen LogP contribution < -0.4 is 11.3 Å². The van der Waals surface area contributed by atoms with Crippen LogP contribution in [-0.2, 0) is 13.0 Å². The Balaban J connectivity index is 1.89. The first-order valence-electron chi connectivity index (χ1n) is 7.16. The summed E-state index contributed by atoms with van der Waals surface area (Å²) in [4.78, 5) is 1.36. The molecule has 6 heteroatoms. The molecule has 0 bridgehead atoms. The second-order valence-electron chi connectivity index (χ2n) is 5.21. The van der Waals surface area contributed by atoms with E-state index in [1.807, 2.05) is 18.0 Å². The van der Waals surface area contributed by atoms with Gasteiger partial charge in [0.1, 0.15) is 0 Å². The van der Waals surface area contributed by atoms with Gasteiger partial charge in [-0.25, -0.2) is 0 Å². The van der Waals surface area contributed by atoms with Crippen molar-refractivity contribution in [2.45, 2.75) is 42.5 Å². The summed E-state index contributed by atoms with van der Waals surface area (Å²) in [5, 5.41) is 4.85. The minimum absolute atomic E-state index is 0.0748. The summed E-state index contributed by atoms with van der Waals surface area (Å²) < 4.78 is 3.08. The molecule has 3 N–H and O–H groups in total. The highest BCUT2D eigenvalue weighted by molar-refractivity contribution is 9.10. The zero-order valence-electron chi connectivity index (χ0n) is 11.9. The standard InChI is InChI=1S/C15H19BrN4S/c1-2-7-20-15(11(16)9-18-20)14(19-17)13-8-10-5-3-4-6-12(10)21-13/h3-6,9,13-14,19H,2,7-8,17H2,1H3. The highest BCUT2D eigenvalue weighted by atomic mass is 79.9. The molecule has 0 saturated heterocycles. The number of benzene rings is 1. The fraction of sp³-hybridized carbons (Fsp3) is 0.400. The van der Waals surface area contributed by atoms with Crippen molar-refractivity contribution in [3.05, 3.63) is 46.2 Å². The Morgan fingerprint density at radius 2 is 2.33 bits per heavy atom. The van der Waals surface area contributed by atoms with Gasteiger partial charge in [0.2, 0.25) is 0 Å². The number of rotatable bonds is 5. The maximum Gasteiger partial charge on any atom is 0.0765 e. The molecule has 2 atom stereocenters. The molecule has 0 spiro atoms. The van der Waals surface area contributed by atoms with E-state index < -0.39 is 0 Å². The molecule has 112 valence electrons. The summed E-state index contributed by atoms with van der Waals surface area (Å²) in [6.07, 6.45) is 3.94. The Morgan fingerprint density at radius 3 is 3.05 bits per heavy atom. The average Bonchev–Trinajstić information content (AvgIpc) is 3.06. The zero-order valence-corrected chi connectivity index (χ0v) is 14.3. The number of aryl methyl sites for hydroxylation is 1. The van der Waals surface area contributed by atoms with Crippen LogP contribution in [0.4, 0.5) is 0 Å². The van der Waals surface area contributed by atoms with E-state index >= 15 is 0 Å². The number of nitrogens with two attached hydrogens (primary N) is 1. The number of hydrazine groups is 1. The van der Waals surface area contributed by atoms with Gasteiger partial charge < -0.3 is 0 Å². The molecule has 0 saturated carbocycles. The van der Waals surface area contributed by atoms with Gasteiger partial charge in [-0.3, -0.25) is 16.0 Å². The van der Waals surface area contributed by atoms with Gasteiger partial charge >= 0.3 is 0 Å². The smallest absolute Gasteiger partial charge is 0.0765 e. The molecule has 1 aromatic carbocycles. The Hall–Kier alpha value is -0.820. The summed E-state index contributed by atoms with van der Waals surface area (Å²) in [6.45, 7) is 3.06. The second-order valence-corrected chi connectivity index (χ2v) is 7.35. The number of nitrogens with zero attached hydrogens (tertiary/aromatic N) is 2. The van der Waals surface area contributed by atoms with Gasteiger partial charge in [-0.2, -0.15) is 5.10 Å². The highest BCUT2D eigenvalue weighted by Crippen LogP contribution is 2.43. The third kappa shape index (κ3) is 2.90. The first kappa shape index (κ1) is 15.1. The molecule has 3 rings (SSSR count). The van der Waals surface area contributed by atoms with E-state index in [1.54, 1.807) is 0 Å². The third-order valence-electron chi connectivity index (χ3n) is 3.79. The second kappa shape index (κ2) is 6.52. The molecule has 21 heavy (non-hydrogen) atoms. The van der Waals surface area contributed by atoms with E-state index in [-0.39, 0.29) is 6.04 Å². The molecular formula is C15H19BrN4S. The predicted molar refractivity (Wildman–Crippen MR) is 90.1 cm³/mol. The van der Waals surface area contributed by atoms with Gasteiger partial charge in [-0.05, 0) is 40.4 Å². The number of thioether (sulfide) groups is 1. The molecule has 2 aromatic rings. The van der Waals surface area contributed by atoms with Crippen molar-refractivity contribution in [2.75, 3.05) is 0 Å². The largest absolute Gasteiger partial charge is 0.271 e. The number of halogens is 1. The Labute approximate surface area is 137 Å². The van der Waals surface area contributed by atoms with Crippen LogP contribution >= 0.6 is 27.7 Å². The quantitative estimate of drug-likeness (QED) is 0.629. The lowest BCUT2D eigenvalue weighted by Crippen LogP contribution is -2.37. The van der Waals surface area contributed by atoms with Crippen molar-refractivity contribution >= 4 is 27.7 Å². The van der Waals surface area contributed by atoms with Crippen LogP contribution in [0.3, 0.4) is 0 Å². The van der Waals surface area contributed by atoms with E-state index in [1.165, 1.54) is 10.5 Å². The summed E-state index contributed by atoms with van der Waals surface area (Å²) >= 11 is 5.52. The van der Waals surface area contributed by atoms with E-state index in [2.05, 4.69) is 62.3 Å². The van der Waals surface area contributed by atoms with Gasteiger partial charge in [-0.1, -0.05) is 25.1 Å². The summed E-state index contributed by atoms with van der Waals surface area (Å²) in [5.41, 5.74) is 5.56. The topological polar surface area (TPSA) is 55.9 Å². The maximum atomic E-state index is 5.89. The average molecular weight is 367 g/mol. The monoisotopic (exact) mass is 366 g/mol. The van der Waals surface area contributed by atoms with Crippen molar-refractivity contribution in [3.63, 3.8) is 0 Å². The highest BCUT2D eigenvalue weighted by Gasteiger charge is 2.33. The molecule has 2 heterocycles. The minimum atomic E-state index is 0.0748. The number of aromatic nitrogens is 2. The molecule has 2 unspecified atom stereocenters. The number of hydrogen-bond donors (Lipinski definition) is 2. The van der Waals surface area contributed by atoms with Crippen LogP contribution in [0.2, 0.25) is 0 Å². The van der Waals surface area contributed by atoms with Gasteiger partial charge in [0.05, 0.1) is 22.4 Å². The van der Waals surface area contributed by atoms with Crippen LogP contribution in [0, 0.1) is 0 Å². The van der Waals surface area contributed by atoms with Gasteiger partial charge in [0.15, 0.2) is 0 Å². The van der Waals surface area contributed by atoms with E-state index in [0.717, 1.165) is 29.6 Å². The number of fused-ring (bicyclic) bond motifs is 1. The Bertz CT molecular complexity index is 603. The Kier molecular flexibility index (Phi) is 4.69. The van der Waals surface area contributed by atoms with Gasteiger partial charge in [0.25, 0.3) is 0 Å². The third-order valence-corrected chi connectivity index (χ3v) is 5.79. The van der Waals surface area contributed by atoms with E-state index in [9.17, 15) is 0 Å². The van der Waals surface area contributed by atoms with Crippen molar-refractivity contribution in [1.29, 1.82) is 0 Å². The van der Waals surface area contributed by atoms with Crippen molar-refractivity contribution in [1.82, 2.24) is 15.2 Å². The first-order chi connectivity index (χ1) is 10.2. The number of hydrogen-bond acceptors (Lipinski definition) is 4. The lowest BCUT2D eigenvalue weighted by atomic mass is 10.0. The van der Waals surface area contributed by atoms with Crippen LogP contribution in [0.25, 0.3) is 0 Å². The van der Waals surface area contributed by atoms with Crippen LogP contribution in [-0.4, -0.2) is 15.0 Å². The minimum Gasteiger partial charge on any atom is -0.271 e. The fourth-order valence-electron chi connectivity index (χ4n) is 2.83. The van der Waals surface area contributed by atoms with Gasteiger partial charge in [0, 0.05) is 16.7 Å². The van der Waals surface area contributed by atoms with E-state index in [4.69, 9.17) is 5.84 Å². The molecule has 4 nitrogen and oxygen atoms in total. The lowest BCUT2D eigenvalue weighted by molar-refractivity contribution is 0.467. The number of nitrogens with one attached hydrogen (secondary N) is 1. The zero-order chi connectivity index (χ0) is 14.8. The summed E-state index contributed by atoms with van der Waals surface area (Å²) in [6, 6.07) is 8.66. The van der Waals surface area contributed by atoms with Gasteiger partial charge in [-0.15, -0.1) is 11.8 Å². The fourth-order valence-corrected chi connectivity index (χ4v) is 4.76. The summed E-state index contributed by atoms with van der Waals surface area (Å²) in [5.74, 6) is 5.89. The molecule has 0 radical (unpaired) electrons. The molecule has 1 aliphatic rings. The molecule has 1 aliphatic heterocycles. The maximum absolute atomic E-state index is 5.89. The van der Waals surface area contributed by atoms with Crippen LogP contribution in [0.5, 0.6) is 0 Å². The normalized spacial score (nSPS) is 18.7. The molecule has 1 aromatic heterocycles. The summed E-state index contributed by atoms with van der Waals surface area (Å²) in [7, 11) is 0. The van der Waals surface area contributed by atoms with Crippen LogP contribution in [0.15, 0.2) is 39.8 Å². The van der Waals surface area contributed by atoms with Crippen molar-refractivity contribution in [3.8, 4) is 0 Å². The first-order valence-corrected chi connectivity index (χ1v) is 8.83. The predicted octanol–water partition coefficient (Wildman–Crippen LogP) is 3.28. The molecular weight excluding hydrogens is 348 g/mol. The molecule has 0 aliphatic carbocycles. The van der Waals surface area contributed by atoms with E-state index in [0.29, 0.717) is 5.25 Å². The van der Waals surface area contributed by atoms with Crippen molar-refractivity contribution in [2.24, 2.45) is 5.84 Å². The SMILES string of the molecule is CCCn1ncc(Br)c1C(NN)C1Cc2ccccc2S1. The lowest BCUT2D eigenvalue weighted by Gasteiger charge is -2.23. The van der Waals surface area contributed by atoms with Crippen LogP contribution in [0.1, 0.15) is 30.6 Å². The Morgan fingerprint density at radius 1 is 1.52 bits per heavy atom. The molecule has 0 amide bonds. The molecule has 0 fully saturated rings.